The number of halogens is 5. The third-order valence-corrected chi connectivity index (χ3v) is 8.43. The molecule has 0 bridgehead atoms. The molecule has 11 heteroatoms. The number of ether oxygens (including phenoxy) is 2. The van der Waals surface area contributed by atoms with Crippen molar-refractivity contribution in [2.24, 2.45) is 0 Å². The Morgan fingerprint density at radius 1 is 0.680 bits per heavy atom. The van der Waals surface area contributed by atoms with Gasteiger partial charge in [0.2, 0.25) is 5.82 Å². The number of aliphatic hydroxyl groups excluding tert-OH is 1. The molecule has 0 radical (unpaired) electrons. The number of carbonyl (C=O) groups excluding carboxylic acids is 1. The average Bonchev–Trinajstić information content (AvgIpc) is 3.14. The van der Waals surface area contributed by atoms with Crippen LogP contribution >= 0.6 is 0 Å². The van der Waals surface area contributed by atoms with Gasteiger partial charge in [0.15, 0.2) is 29.6 Å². The van der Waals surface area contributed by atoms with Gasteiger partial charge in [-0.3, -0.25) is 9.69 Å². The predicted molar refractivity (Wildman–Crippen MR) is 176 cm³/mol. The summed E-state index contributed by atoms with van der Waals surface area (Å²) in [5.74, 6) is -12.8. The molecule has 0 aliphatic carbocycles. The van der Waals surface area contributed by atoms with Gasteiger partial charge in [-0.15, -0.1) is 0 Å². The van der Waals surface area contributed by atoms with Gasteiger partial charge < -0.3 is 19.9 Å². The first-order chi connectivity index (χ1) is 24.2. The summed E-state index contributed by atoms with van der Waals surface area (Å²) < 4.78 is 82.9. The Morgan fingerprint density at radius 2 is 1.26 bits per heavy atom. The number of amides is 1. The van der Waals surface area contributed by atoms with Crippen LogP contribution in [-0.2, 0) is 29.2 Å². The summed E-state index contributed by atoms with van der Waals surface area (Å²) in [7, 11) is 0. The molecule has 5 aromatic carbocycles. The van der Waals surface area contributed by atoms with Crippen LogP contribution in [0.3, 0.4) is 0 Å². The van der Waals surface area contributed by atoms with Crippen molar-refractivity contribution in [3.63, 3.8) is 0 Å². The van der Waals surface area contributed by atoms with Crippen LogP contribution in [0.15, 0.2) is 109 Å². The number of carbonyl (C=O) groups is 1. The number of rotatable bonds is 11. The Bertz CT molecular complexity index is 1860. The highest BCUT2D eigenvalue weighted by Gasteiger charge is 2.34. The van der Waals surface area contributed by atoms with Gasteiger partial charge >= 0.3 is 0 Å². The van der Waals surface area contributed by atoms with Gasteiger partial charge in [-0.25, -0.2) is 22.0 Å². The topological polar surface area (TPSA) is 71.0 Å². The first-order valence-corrected chi connectivity index (χ1v) is 15.9. The SMILES string of the molecule is O=C(Nc1cccc([C@@H]2O[C@H](CN(Cc3ccccc3)Cc3ccccc3)C[C@H](c3ccc(CO)cc3)O2)c1)c1c(F)c(F)c(F)c(F)c1F. The number of nitrogens with zero attached hydrogens (tertiary/aromatic N) is 1. The lowest BCUT2D eigenvalue weighted by Gasteiger charge is -2.38. The number of hydrogen-bond donors (Lipinski definition) is 2. The highest BCUT2D eigenvalue weighted by Crippen LogP contribution is 2.39. The first kappa shape index (κ1) is 34.9. The molecule has 258 valence electrons. The summed E-state index contributed by atoms with van der Waals surface area (Å²) in [5, 5.41) is 11.8. The van der Waals surface area contributed by atoms with Crippen molar-refractivity contribution in [3.8, 4) is 0 Å². The maximum absolute atomic E-state index is 14.4. The zero-order chi connectivity index (χ0) is 35.2. The van der Waals surface area contributed by atoms with Crippen LogP contribution in [0.2, 0.25) is 0 Å². The van der Waals surface area contributed by atoms with E-state index in [1.165, 1.54) is 12.1 Å². The largest absolute Gasteiger partial charge is 0.392 e. The van der Waals surface area contributed by atoms with Crippen molar-refractivity contribution in [2.45, 2.75) is 44.6 Å². The van der Waals surface area contributed by atoms with E-state index in [0.717, 1.165) is 22.3 Å². The van der Waals surface area contributed by atoms with Crippen molar-refractivity contribution < 1.29 is 41.3 Å². The van der Waals surface area contributed by atoms with E-state index in [2.05, 4.69) is 34.5 Å². The van der Waals surface area contributed by atoms with Crippen LogP contribution in [-0.4, -0.2) is 28.6 Å². The molecule has 1 heterocycles. The smallest absolute Gasteiger partial charge is 0.261 e. The fourth-order valence-electron chi connectivity index (χ4n) is 5.95. The molecule has 50 heavy (non-hydrogen) atoms. The Kier molecular flexibility index (Phi) is 11.0. The van der Waals surface area contributed by atoms with E-state index >= 15 is 0 Å². The molecule has 2 N–H and O–H groups in total. The van der Waals surface area contributed by atoms with Gasteiger partial charge in [-0.1, -0.05) is 97.1 Å². The molecule has 0 aromatic heterocycles. The van der Waals surface area contributed by atoms with Crippen LogP contribution in [0.1, 0.15) is 57.0 Å². The van der Waals surface area contributed by atoms with E-state index in [-0.39, 0.29) is 18.4 Å². The number of anilines is 1. The van der Waals surface area contributed by atoms with Gasteiger partial charge in [0, 0.05) is 37.3 Å². The lowest BCUT2D eigenvalue weighted by atomic mass is 9.99. The molecule has 0 saturated carbocycles. The number of nitrogens with one attached hydrogen (secondary N) is 1. The fourth-order valence-corrected chi connectivity index (χ4v) is 5.95. The van der Waals surface area contributed by atoms with Crippen molar-refractivity contribution in [1.82, 2.24) is 4.90 Å². The predicted octanol–water partition coefficient (Wildman–Crippen LogP) is 8.37. The summed E-state index contributed by atoms with van der Waals surface area (Å²) in [6.07, 6.45) is -1.26. The minimum Gasteiger partial charge on any atom is -0.392 e. The normalized spacial score (nSPS) is 17.5. The summed E-state index contributed by atoms with van der Waals surface area (Å²) in [5.41, 5.74) is 2.71. The van der Waals surface area contributed by atoms with Gasteiger partial charge in [-0.05, 0) is 34.4 Å². The lowest BCUT2D eigenvalue weighted by Crippen LogP contribution is -2.39. The summed E-state index contributed by atoms with van der Waals surface area (Å²) in [6, 6.07) is 33.6. The van der Waals surface area contributed by atoms with E-state index < -0.39 is 53.0 Å². The highest BCUT2D eigenvalue weighted by molar-refractivity contribution is 6.04. The van der Waals surface area contributed by atoms with E-state index in [4.69, 9.17) is 9.47 Å². The summed E-state index contributed by atoms with van der Waals surface area (Å²) in [6.45, 7) is 1.70. The van der Waals surface area contributed by atoms with E-state index in [0.29, 0.717) is 31.6 Å². The van der Waals surface area contributed by atoms with Crippen molar-refractivity contribution >= 4 is 11.6 Å². The van der Waals surface area contributed by atoms with Crippen LogP contribution in [0.5, 0.6) is 0 Å². The Labute approximate surface area is 285 Å². The maximum atomic E-state index is 14.4. The Hall–Kier alpha value is -4.94. The molecule has 5 aromatic rings. The molecule has 1 saturated heterocycles. The number of benzene rings is 5. The molecule has 1 amide bonds. The fraction of sp³-hybridized carbons (Fsp3) is 0.205. The zero-order valence-corrected chi connectivity index (χ0v) is 26.7. The molecule has 1 aliphatic rings. The van der Waals surface area contributed by atoms with E-state index in [1.54, 1.807) is 12.1 Å². The van der Waals surface area contributed by atoms with Gasteiger partial charge in [0.05, 0.1) is 18.8 Å². The lowest BCUT2D eigenvalue weighted by molar-refractivity contribution is -0.253. The van der Waals surface area contributed by atoms with Gasteiger partial charge in [0.25, 0.3) is 5.91 Å². The molecular formula is C39H33F5N2O4. The van der Waals surface area contributed by atoms with Gasteiger partial charge in [0.1, 0.15) is 5.56 Å². The third kappa shape index (κ3) is 8.09. The molecule has 3 atom stereocenters. The zero-order valence-electron chi connectivity index (χ0n) is 26.7. The van der Waals surface area contributed by atoms with Crippen LogP contribution < -0.4 is 5.32 Å². The van der Waals surface area contributed by atoms with Crippen LogP contribution in [0.25, 0.3) is 0 Å². The number of aliphatic hydroxyl groups is 1. The Morgan fingerprint density at radius 3 is 1.84 bits per heavy atom. The molecule has 0 unspecified atom stereocenters. The van der Waals surface area contributed by atoms with Crippen molar-refractivity contribution in [2.75, 3.05) is 11.9 Å². The quantitative estimate of drug-likeness (QED) is 0.0830. The molecule has 6 rings (SSSR count). The molecule has 0 spiro atoms. The monoisotopic (exact) mass is 688 g/mol. The van der Waals surface area contributed by atoms with Crippen molar-refractivity contribution in [3.05, 3.63) is 172 Å². The third-order valence-electron chi connectivity index (χ3n) is 8.43. The second-order valence-electron chi connectivity index (χ2n) is 12.0. The minimum atomic E-state index is -2.36. The second-order valence-corrected chi connectivity index (χ2v) is 12.0. The summed E-state index contributed by atoms with van der Waals surface area (Å²) >= 11 is 0. The van der Waals surface area contributed by atoms with E-state index in [9.17, 15) is 31.9 Å². The molecular weight excluding hydrogens is 655 g/mol. The first-order valence-electron chi connectivity index (χ1n) is 15.9. The molecule has 1 aliphatic heterocycles. The second kappa shape index (κ2) is 15.7. The van der Waals surface area contributed by atoms with E-state index in [1.807, 2.05) is 60.7 Å². The van der Waals surface area contributed by atoms with Crippen molar-refractivity contribution in [1.29, 1.82) is 0 Å². The molecule has 6 nitrogen and oxygen atoms in total. The average molecular weight is 689 g/mol. The minimum absolute atomic E-state index is 0.0180. The van der Waals surface area contributed by atoms with Gasteiger partial charge in [-0.2, -0.15) is 0 Å². The summed E-state index contributed by atoms with van der Waals surface area (Å²) in [4.78, 5) is 15.1. The van der Waals surface area contributed by atoms with Crippen LogP contribution in [0, 0.1) is 29.1 Å². The number of hydrogen-bond acceptors (Lipinski definition) is 5. The maximum Gasteiger partial charge on any atom is 0.261 e. The standard InChI is InChI=1S/C39H33F5N2O4/c40-33-32(34(41)36(43)37(44)35(33)42)38(48)45-29-13-7-12-28(18-29)39-49-30(19-31(50-39)27-16-14-26(23-47)15-17-27)22-46(20-24-8-3-1-4-9-24)21-25-10-5-2-6-11-25/h1-18,30-31,39,47H,19-23H2,(H,45,48)/t30-,31+,39+/m0/s1. The van der Waals surface area contributed by atoms with Crippen LogP contribution in [0.4, 0.5) is 27.6 Å². The highest BCUT2D eigenvalue weighted by atomic mass is 19.2. The Balaban J connectivity index is 1.27. The molecule has 1 fully saturated rings.